The SMILES string of the molecule is CCOc1ccc([C@H]2/C(=C(\O)c3ccccc3)C(=O)C(=O)N2CCN(CC)CC)cc1OC. The van der Waals surface area contributed by atoms with Gasteiger partial charge in [-0.1, -0.05) is 50.2 Å². The molecule has 0 spiro atoms. The van der Waals surface area contributed by atoms with E-state index in [1.807, 2.05) is 19.1 Å². The largest absolute Gasteiger partial charge is 0.507 e. The van der Waals surface area contributed by atoms with E-state index >= 15 is 0 Å². The molecule has 1 amide bonds. The smallest absolute Gasteiger partial charge is 0.295 e. The maximum atomic E-state index is 13.1. The fraction of sp³-hybridized carbons (Fsp3) is 0.385. The molecular formula is C26H32N2O5. The number of ether oxygens (including phenoxy) is 2. The summed E-state index contributed by atoms with van der Waals surface area (Å²) in [5.41, 5.74) is 1.24. The Bertz CT molecular complexity index is 1010. The summed E-state index contributed by atoms with van der Waals surface area (Å²) in [5, 5.41) is 11.1. The molecule has 1 heterocycles. The molecule has 3 rings (SSSR count). The van der Waals surface area contributed by atoms with E-state index in [1.54, 1.807) is 48.4 Å². The molecule has 1 aliphatic heterocycles. The number of benzene rings is 2. The molecule has 2 aromatic rings. The van der Waals surface area contributed by atoms with Gasteiger partial charge in [-0.2, -0.15) is 0 Å². The van der Waals surface area contributed by atoms with Gasteiger partial charge in [0.25, 0.3) is 11.7 Å². The number of carbonyl (C=O) groups excluding carboxylic acids is 2. The second-order valence-electron chi connectivity index (χ2n) is 7.73. The molecule has 176 valence electrons. The van der Waals surface area contributed by atoms with Crippen LogP contribution in [0.15, 0.2) is 54.1 Å². The highest BCUT2D eigenvalue weighted by atomic mass is 16.5. The number of likely N-dealkylation sites (N-methyl/N-ethyl adjacent to an activating group) is 1. The Morgan fingerprint density at radius 2 is 1.73 bits per heavy atom. The minimum atomic E-state index is -0.731. The van der Waals surface area contributed by atoms with Crippen molar-refractivity contribution < 1.29 is 24.2 Å². The molecule has 1 aliphatic rings. The summed E-state index contributed by atoms with van der Waals surface area (Å²) < 4.78 is 11.1. The third-order valence-electron chi connectivity index (χ3n) is 5.94. The van der Waals surface area contributed by atoms with Crippen LogP contribution in [0, 0.1) is 0 Å². The number of methoxy groups -OCH3 is 1. The van der Waals surface area contributed by atoms with E-state index < -0.39 is 17.7 Å². The highest BCUT2D eigenvalue weighted by molar-refractivity contribution is 6.46. The average molecular weight is 453 g/mol. The maximum Gasteiger partial charge on any atom is 0.295 e. The average Bonchev–Trinajstić information content (AvgIpc) is 3.10. The molecule has 7 heteroatoms. The zero-order chi connectivity index (χ0) is 24.0. The van der Waals surface area contributed by atoms with Crippen molar-refractivity contribution in [2.45, 2.75) is 26.8 Å². The molecule has 1 saturated heterocycles. The molecule has 0 aliphatic carbocycles. The van der Waals surface area contributed by atoms with E-state index in [0.29, 0.717) is 42.3 Å². The topological polar surface area (TPSA) is 79.3 Å². The van der Waals surface area contributed by atoms with Crippen molar-refractivity contribution in [3.05, 3.63) is 65.2 Å². The van der Waals surface area contributed by atoms with Crippen LogP contribution < -0.4 is 9.47 Å². The molecule has 1 atom stereocenters. The summed E-state index contributed by atoms with van der Waals surface area (Å²) in [4.78, 5) is 30.0. The van der Waals surface area contributed by atoms with Crippen molar-refractivity contribution in [1.29, 1.82) is 0 Å². The molecule has 0 unspecified atom stereocenters. The number of carbonyl (C=O) groups is 2. The van der Waals surface area contributed by atoms with E-state index in [0.717, 1.165) is 13.1 Å². The normalized spacial score (nSPS) is 17.6. The Balaban J connectivity index is 2.13. The van der Waals surface area contributed by atoms with Crippen molar-refractivity contribution in [3.8, 4) is 11.5 Å². The zero-order valence-corrected chi connectivity index (χ0v) is 19.7. The number of rotatable bonds is 10. The number of ketones is 1. The van der Waals surface area contributed by atoms with Gasteiger partial charge in [-0.15, -0.1) is 0 Å². The van der Waals surface area contributed by atoms with Gasteiger partial charge in [0, 0.05) is 18.7 Å². The van der Waals surface area contributed by atoms with Crippen molar-refractivity contribution in [3.63, 3.8) is 0 Å². The number of aliphatic hydroxyl groups is 1. The molecule has 0 saturated carbocycles. The van der Waals surface area contributed by atoms with Crippen molar-refractivity contribution in [2.24, 2.45) is 0 Å². The molecule has 0 aromatic heterocycles. The van der Waals surface area contributed by atoms with Crippen molar-refractivity contribution in [1.82, 2.24) is 9.80 Å². The third-order valence-corrected chi connectivity index (χ3v) is 5.94. The van der Waals surface area contributed by atoms with Crippen LogP contribution in [0.3, 0.4) is 0 Å². The maximum absolute atomic E-state index is 13.1. The van der Waals surface area contributed by atoms with Crippen LogP contribution in [0.2, 0.25) is 0 Å². The third kappa shape index (κ3) is 5.03. The number of likely N-dealkylation sites (tertiary alicyclic amines) is 1. The lowest BCUT2D eigenvalue weighted by Gasteiger charge is -2.28. The van der Waals surface area contributed by atoms with E-state index in [4.69, 9.17) is 9.47 Å². The minimum Gasteiger partial charge on any atom is -0.507 e. The fourth-order valence-electron chi connectivity index (χ4n) is 4.13. The Hall–Kier alpha value is -3.32. The molecule has 7 nitrogen and oxygen atoms in total. The van der Waals surface area contributed by atoms with E-state index in [1.165, 1.54) is 0 Å². The van der Waals surface area contributed by atoms with Crippen LogP contribution in [0.25, 0.3) is 5.76 Å². The highest BCUT2D eigenvalue weighted by Gasteiger charge is 2.46. The first kappa shape index (κ1) is 24.3. The van der Waals surface area contributed by atoms with Gasteiger partial charge in [0.15, 0.2) is 11.5 Å². The molecule has 0 radical (unpaired) electrons. The highest BCUT2D eigenvalue weighted by Crippen LogP contribution is 2.41. The predicted molar refractivity (Wildman–Crippen MR) is 127 cm³/mol. The molecule has 1 fully saturated rings. The molecule has 1 N–H and O–H groups in total. The summed E-state index contributed by atoms with van der Waals surface area (Å²) in [5.74, 6) is -0.404. The van der Waals surface area contributed by atoms with Crippen molar-refractivity contribution in [2.75, 3.05) is 39.9 Å². The minimum absolute atomic E-state index is 0.0805. The van der Waals surface area contributed by atoms with Gasteiger partial charge in [-0.05, 0) is 37.7 Å². The van der Waals surface area contributed by atoms with Crippen molar-refractivity contribution >= 4 is 17.4 Å². The second kappa shape index (κ2) is 11.0. The number of nitrogens with zero attached hydrogens (tertiary/aromatic N) is 2. The predicted octanol–water partition coefficient (Wildman–Crippen LogP) is 3.86. The molecule has 2 aromatic carbocycles. The number of hydrogen-bond acceptors (Lipinski definition) is 6. The summed E-state index contributed by atoms with van der Waals surface area (Å²) >= 11 is 0. The summed E-state index contributed by atoms with van der Waals surface area (Å²) in [7, 11) is 1.54. The zero-order valence-electron chi connectivity index (χ0n) is 19.7. The quantitative estimate of drug-likeness (QED) is 0.335. The van der Waals surface area contributed by atoms with Crippen LogP contribution in [0.1, 0.15) is 37.9 Å². The van der Waals surface area contributed by atoms with Gasteiger partial charge in [0.2, 0.25) is 0 Å². The van der Waals surface area contributed by atoms with Crippen LogP contribution >= 0.6 is 0 Å². The number of Topliss-reactive ketones (excluding diaryl/α,β-unsaturated/α-hetero) is 1. The van der Waals surface area contributed by atoms with Gasteiger partial charge in [0.1, 0.15) is 5.76 Å². The van der Waals surface area contributed by atoms with Crippen LogP contribution in [0.5, 0.6) is 11.5 Å². The standard InChI is InChI=1S/C26H32N2O5/c1-5-27(6-2)15-16-28-23(19-13-14-20(33-7-3)21(17-19)32-4)22(25(30)26(28)31)24(29)18-11-9-8-10-12-18/h8-14,17,23,29H,5-7,15-16H2,1-4H3/b24-22+/t23-/m0/s1. The lowest BCUT2D eigenvalue weighted by molar-refractivity contribution is -0.140. The Kier molecular flexibility index (Phi) is 8.11. The van der Waals surface area contributed by atoms with Crippen LogP contribution in [0.4, 0.5) is 0 Å². The first-order chi connectivity index (χ1) is 16.0. The Morgan fingerprint density at radius 1 is 1.03 bits per heavy atom. The van der Waals surface area contributed by atoms with Gasteiger partial charge in [0.05, 0.1) is 25.3 Å². The van der Waals surface area contributed by atoms with Gasteiger partial charge >= 0.3 is 0 Å². The Morgan fingerprint density at radius 3 is 2.33 bits per heavy atom. The summed E-state index contributed by atoms with van der Waals surface area (Å²) in [6, 6.07) is 13.4. The Labute approximate surface area is 195 Å². The lowest BCUT2D eigenvalue weighted by Crippen LogP contribution is -2.38. The molecule has 0 bridgehead atoms. The van der Waals surface area contributed by atoms with Crippen LogP contribution in [-0.4, -0.2) is 66.5 Å². The fourth-order valence-corrected chi connectivity index (χ4v) is 4.13. The van der Waals surface area contributed by atoms with E-state index in [9.17, 15) is 14.7 Å². The summed E-state index contributed by atoms with van der Waals surface area (Å²) in [6.07, 6.45) is 0. The second-order valence-corrected chi connectivity index (χ2v) is 7.73. The van der Waals surface area contributed by atoms with Gasteiger partial charge < -0.3 is 24.4 Å². The van der Waals surface area contributed by atoms with E-state index in [2.05, 4.69) is 18.7 Å². The number of hydrogen-bond donors (Lipinski definition) is 1. The lowest BCUT2D eigenvalue weighted by atomic mass is 9.95. The number of aliphatic hydroxyl groups excluding tert-OH is 1. The van der Waals surface area contributed by atoms with Gasteiger partial charge in [-0.25, -0.2) is 0 Å². The first-order valence-corrected chi connectivity index (χ1v) is 11.3. The van der Waals surface area contributed by atoms with Gasteiger partial charge in [-0.3, -0.25) is 9.59 Å². The molecular weight excluding hydrogens is 420 g/mol. The summed E-state index contributed by atoms with van der Waals surface area (Å²) in [6.45, 7) is 9.14. The monoisotopic (exact) mass is 452 g/mol. The first-order valence-electron chi connectivity index (χ1n) is 11.3. The number of amides is 1. The molecule has 33 heavy (non-hydrogen) atoms. The van der Waals surface area contributed by atoms with Crippen LogP contribution in [-0.2, 0) is 9.59 Å². The van der Waals surface area contributed by atoms with E-state index in [-0.39, 0.29) is 11.3 Å².